The number of rotatable bonds is 5. The average molecular weight is 422 g/mol. The van der Waals surface area contributed by atoms with Crippen molar-refractivity contribution >= 4 is 33.4 Å². The normalized spacial score (nSPS) is 15.2. The molecule has 7 nitrogen and oxygen atoms in total. The fourth-order valence-corrected chi connectivity index (χ4v) is 4.85. The SMILES string of the molecule is O=C(NCC(=O)N1CCN(S(=O)(=O)c2ccccc2Cl)CC1)c1ccccc1. The number of hydrogen-bond acceptors (Lipinski definition) is 4. The van der Waals surface area contributed by atoms with E-state index >= 15 is 0 Å². The second-order valence-electron chi connectivity index (χ2n) is 6.26. The van der Waals surface area contributed by atoms with Crippen LogP contribution in [-0.4, -0.2) is 62.2 Å². The van der Waals surface area contributed by atoms with Crippen LogP contribution in [0.4, 0.5) is 0 Å². The molecular weight excluding hydrogens is 402 g/mol. The highest BCUT2D eigenvalue weighted by Crippen LogP contribution is 2.24. The van der Waals surface area contributed by atoms with Crippen molar-refractivity contribution in [2.75, 3.05) is 32.7 Å². The quantitative estimate of drug-likeness (QED) is 0.794. The maximum Gasteiger partial charge on any atom is 0.251 e. The Labute approximate surface area is 168 Å². The van der Waals surface area contributed by atoms with Crippen LogP contribution < -0.4 is 5.32 Å². The molecule has 0 spiro atoms. The third-order valence-corrected chi connectivity index (χ3v) is 6.88. The van der Waals surface area contributed by atoms with E-state index in [1.54, 1.807) is 47.4 Å². The maximum atomic E-state index is 12.7. The second-order valence-corrected chi connectivity index (χ2v) is 8.58. The van der Waals surface area contributed by atoms with Gasteiger partial charge >= 0.3 is 0 Å². The van der Waals surface area contributed by atoms with Gasteiger partial charge in [0.25, 0.3) is 5.91 Å². The van der Waals surface area contributed by atoms with Gasteiger partial charge < -0.3 is 10.2 Å². The van der Waals surface area contributed by atoms with Crippen molar-refractivity contribution in [1.29, 1.82) is 0 Å². The standard InChI is InChI=1S/C19H20ClN3O4S/c20-16-8-4-5-9-17(16)28(26,27)23-12-10-22(11-13-23)18(24)14-21-19(25)15-6-2-1-3-7-15/h1-9H,10-14H2,(H,21,25). The van der Waals surface area contributed by atoms with E-state index in [4.69, 9.17) is 11.6 Å². The van der Waals surface area contributed by atoms with Gasteiger partial charge in [-0.15, -0.1) is 0 Å². The number of hydrogen-bond donors (Lipinski definition) is 1. The van der Waals surface area contributed by atoms with Crippen LogP contribution in [0, 0.1) is 0 Å². The van der Waals surface area contributed by atoms with Gasteiger partial charge in [-0.3, -0.25) is 9.59 Å². The predicted octanol–water partition coefficient (Wildman–Crippen LogP) is 1.60. The molecule has 2 aromatic carbocycles. The van der Waals surface area contributed by atoms with Crippen molar-refractivity contribution < 1.29 is 18.0 Å². The number of benzene rings is 2. The zero-order valence-electron chi connectivity index (χ0n) is 15.0. The zero-order chi connectivity index (χ0) is 20.1. The van der Waals surface area contributed by atoms with Gasteiger partial charge in [0.1, 0.15) is 4.90 Å². The lowest BCUT2D eigenvalue weighted by Gasteiger charge is -2.34. The van der Waals surface area contributed by atoms with Gasteiger partial charge in [-0.2, -0.15) is 4.31 Å². The minimum Gasteiger partial charge on any atom is -0.343 e. The summed E-state index contributed by atoms with van der Waals surface area (Å²) in [7, 11) is -3.71. The number of amides is 2. The Bertz CT molecular complexity index is 958. The Hall–Kier alpha value is -2.42. The number of carbonyl (C=O) groups excluding carboxylic acids is 2. The van der Waals surface area contributed by atoms with E-state index in [1.807, 2.05) is 0 Å². The summed E-state index contributed by atoms with van der Waals surface area (Å²) in [6.07, 6.45) is 0. The number of nitrogens with zero attached hydrogens (tertiary/aromatic N) is 2. The average Bonchev–Trinajstić information content (AvgIpc) is 2.72. The Balaban J connectivity index is 1.54. The van der Waals surface area contributed by atoms with Crippen LogP contribution >= 0.6 is 11.6 Å². The first-order valence-electron chi connectivity index (χ1n) is 8.75. The first-order valence-corrected chi connectivity index (χ1v) is 10.6. The molecule has 0 radical (unpaired) electrons. The van der Waals surface area contributed by atoms with Crippen molar-refractivity contribution in [3.63, 3.8) is 0 Å². The summed E-state index contributed by atoms with van der Waals surface area (Å²) >= 11 is 6.02. The lowest BCUT2D eigenvalue weighted by Crippen LogP contribution is -2.52. The van der Waals surface area contributed by atoms with E-state index < -0.39 is 10.0 Å². The first kappa shape index (κ1) is 20.3. The van der Waals surface area contributed by atoms with Crippen molar-refractivity contribution in [2.24, 2.45) is 0 Å². The van der Waals surface area contributed by atoms with Gasteiger partial charge in [-0.1, -0.05) is 41.9 Å². The fourth-order valence-electron chi connectivity index (χ4n) is 2.93. The smallest absolute Gasteiger partial charge is 0.251 e. The highest BCUT2D eigenvalue weighted by molar-refractivity contribution is 7.89. The van der Waals surface area contributed by atoms with Crippen LogP contribution in [0.5, 0.6) is 0 Å². The minimum absolute atomic E-state index is 0.0616. The third-order valence-electron chi connectivity index (χ3n) is 4.48. The molecule has 28 heavy (non-hydrogen) atoms. The summed E-state index contributed by atoms with van der Waals surface area (Å²) in [4.78, 5) is 26.0. The lowest BCUT2D eigenvalue weighted by atomic mass is 10.2. The van der Waals surface area contributed by atoms with Gasteiger partial charge in [-0.05, 0) is 24.3 Å². The van der Waals surface area contributed by atoms with Crippen LogP contribution in [0.1, 0.15) is 10.4 Å². The molecule has 1 aliphatic heterocycles. The van der Waals surface area contributed by atoms with E-state index in [2.05, 4.69) is 5.32 Å². The van der Waals surface area contributed by atoms with Crippen LogP contribution in [0.2, 0.25) is 5.02 Å². The molecule has 3 rings (SSSR count). The minimum atomic E-state index is -3.71. The summed E-state index contributed by atoms with van der Waals surface area (Å²) in [6, 6.07) is 14.9. The van der Waals surface area contributed by atoms with Crippen LogP contribution in [0.15, 0.2) is 59.5 Å². The molecule has 9 heteroatoms. The van der Waals surface area contributed by atoms with Crippen LogP contribution in [-0.2, 0) is 14.8 Å². The number of nitrogens with one attached hydrogen (secondary N) is 1. The molecule has 1 saturated heterocycles. The molecule has 1 fully saturated rings. The maximum absolute atomic E-state index is 12.7. The van der Waals surface area contributed by atoms with Gasteiger partial charge in [0.2, 0.25) is 15.9 Å². The zero-order valence-corrected chi connectivity index (χ0v) is 16.6. The third kappa shape index (κ3) is 4.52. The Morgan fingerprint density at radius 1 is 0.929 bits per heavy atom. The van der Waals surface area contributed by atoms with Crippen LogP contribution in [0.25, 0.3) is 0 Å². The molecule has 0 bridgehead atoms. The van der Waals surface area contributed by atoms with Crippen molar-refractivity contribution in [3.05, 3.63) is 65.2 Å². The molecule has 2 aromatic rings. The van der Waals surface area contributed by atoms with E-state index in [-0.39, 0.29) is 54.5 Å². The van der Waals surface area contributed by atoms with Gasteiger partial charge in [0.05, 0.1) is 11.6 Å². The number of carbonyl (C=O) groups is 2. The van der Waals surface area contributed by atoms with Gasteiger partial charge in [0.15, 0.2) is 0 Å². The predicted molar refractivity (Wildman–Crippen MR) is 106 cm³/mol. The summed E-state index contributed by atoms with van der Waals surface area (Å²) in [5.41, 5.74) is 0.478. The summed E-state index contributed by atoms with van der Waals surface area (Å²) in [5.74, 6) is -0.576. The molecule has 0 aliphatic carbocycles. The molecule has 1 heterocycles. The molecule has 0 atom stereocenters. The molecule has 148 valence electrons. The van der Waals surface area contributed by atoms with E-state index in [0.29, 0.717) is 5.56 Å². The van der Waals surface area contributed by atoms with E-state index in [9.17, 15) is 18.0 Å². The van der Waals surface area contributed by atoms with E-state index in [1.165, 1.54) is 16.4 Å². The number of sulfonamides is 1. The fraction of sp³-hybridized carbons (Fsp3) is 0.263. The van der Waals surface area contributed by atoms with Crippen molar-refractivity contribution in [2.45, 2.75) is 4.90 Å². The van der Waals surface area contributed by atoms with Gasteiger partial charge in [-0.25, -0.2) is 8.42 Å². The lowest BCUT2D eigenvalue weighted by molar-refractivity contribution is -0.131. The number of piperazine rings is 1. The monoisotopic (exact) mass is 421 g/mol. The number of halogens is 1. The first-order chi connectivity index (χ1) is 13.4. The van der Waals surface area contributed by atoms with Crippen molar-refractivity contribution in [1.82, 2.24) is 14.5 Å². The molecule has 0 aromatic heterocycles. The van der Waals surface area contributed by atoms with E-state index in [0.717, 1.165) is 0 Å². The summed E-state index contributed by atoms with van der Waals surface area (Å²) < 4.78 is 26.8. The summed E-state index contributed by atoms with van der Waals surface area (Å²) in [6.45, 7) is 0.719. The van der Waals surface area contributed by atoms with Crippen molar-refractivity contribution in [3.8, 4) is 0 Å². The summed E-state index contributed by atoms with van der Waals surface area (Å²) in [5, 5.41) is 2.76. The Morgan fingerprint density at radius 3 is 2.18 bits per heavy atom. The molecular formula is C19H20ClN3O4S. The second kappa shape index (κ2) is 8.72. The van der Waals surface area contributed by atoms with Gasteiger partial charge in [0, 0.05) is 31.7 Å². The Kier molecular flexibility index (Phi) is 6.33. The molecule has 1 N–H and O–H groups in total. The largest absolute Gasteiger partial charge is 0.343 e. The topological polar surface area (TPSA) is 86.8 Å². The molecule has 1 aliphatic rings. The highest BCUT2D eigenvalue weighted by Gasteiger charge is 2.31. The molecule has 2 amide bonds. The molecule has 0 unspecified atom stereocenters. The highest BCUT2D eigenvalue weighted by atomic mass is 35.5. The van der Waals surface area contributed by atoms with Crippen LogP contribution in [0.3, 0.4) is 0 Å². The Morgan fingerprint density at radius 2 is 1.54 bits per heavy atom. The molecule has 0 saturated carbocycles.